The van der Waals surface area contributed by atoms with E-state index in [1.54, 1.807) is 41.7 Å². The maximum atomic E-state index is 11.6. The number of para-hydroxylation sites is 1. The molecule has 1 N–H and O–H groups in total. The van der Waals surface area contributed by atoms with Crippen molar-refractivity contribution in [3.63, 3.8) is 0 Å². The molecular formula is C15H14N2O3S3. The number of thiazole rings is 1. The van der Waals surface area contributed by atoms with Crippen LogP contribution in [-0.2, 0) is 16.7 Å². The average molecular weight is 366 g/mol. The molecule has 0 amide bonds. The second-order valence-corrected chi connectivity index (χ2v) is 7.90. The van der Waals surface area contributed by atoms with Gasteiger partial charge in [0, 0.05) is 18.3 Å². The predicted molar refractivity (Wildman–Crippen MR) is 94.5 cm³/mol. The van der Waals surface area contributed by atoms with E-state index in [1.807, 2.05) is 22.9 Å². The van der Waals surface area contributed by atoms with Crippen molar-refractivity contribution in [3.05, 3.63) is 58.9 Å². The zero-order chi connectivity index (χ0) is 16.3. The van der Waals surface area contributed by atoms with Gasteiger partial charge in [-0.15, -0.1) is 22.7 Å². The SMILES string of the molecule is O=S(=O)(O)N(CCc1csc(-c2cccs2)n1)c1ccccc1. The third-order valence-electron chi connectivity index (χ3n) is 3.18. The topological polar surface area (TPSA) is 70.5 Å². The van der Waals surface area contributed by atoms with Crippen molar-refractivity contribution in [2.45, 2.75) is 6.42 Å². The Kier molecular flexibility index (Phi) is 4.76. The van der Waals surface area contributed by atoms with Gasteiger partial charge >= 0.3 is 10.3 Å². The zero-order valence-electron chi connectivity index (χ0n) is 12.0. The fourth-order valence-electron chi connectivity index (χ4n) is 2.12. The lowest BCUT2D eigenvalue weighted by Crippen LogP contribution is -2.32. The van der Waals surface area contributed by atoms with E-state index in [1.165, 1.54) is 11.3 Å². The number of benzene rings is 1. The number of hydrogen-bond donors (Lipinski definition) is 1. The average Bonchev–Trinajstić information content (AvgIpc) is 3.18. The molecule has 0 saturated heterocycles. The van der Waals surface area contributed by atoms with Gasteiger partial charge in [0.05, 0.1) is 16.3 Å². The van der Waals surface area contributed by atoms with Crippen LogP contribution in [0.5, 0.6) is 0 Å². The summed E-state index contributed by atoms with van der Waals surface area (Å²) in [6, 6.07) is 12.5. The number of hydrogen-bond acceptors (Lipinski definition) is 5. The van der Waals surface area contributed by atoms with Gasteiger partial charge in [0.25, 0.3) is 0 Å². The molecule has 0 bridgehead atoms. The molecule has 2 aromatic heterocycles. The summed E-state index contributed by atoms with van der Waals surface area (Å²) in [7, 11) is -4.31. The molecule has 0 spiro atoms. The minimum Gasteiger partial charge on any atom is -0.269 e. The molecule has 0 aliphatic heterocycles. The highest BCUT2D eigenvalue weighted by Gasteiger charge is 2.19. The molecule has 5 nitrogen and oxygen atoms in total. The molecular weight excluding hydrogens is 352 g/mol. The minimum atomic E-state index is -4.31. The van der Waals surface area contributed by atoms with Crippen LogP contribution in [0.1, 0.15) is 5.69 Å². The van der Waals surface area contributed by atoms with E-state index in [0.717, 1.165) is 19.9 Å². The number of nitrogens with zero attached hydrogens (tertiary/aromatic N) is 2. The molecule has 1 aromatic carbocycles. The largest absolute Gasteiger partial charge is 0.359 e. The lowest BCUT2D eigenvalue weighted by Gasteiger charge is -2.20. The van der Waals surface area contributed by atoms with Crippen molar-refractivity contribution in [3.8, 4) is 9.88 Å². The molecule has 3 rings (SSSR count). The Morgan fingerprint density at radius 2 is 1.87 bits per heavy atom. The first kappa shape index (κ1) is 16.1. The van der Waals surface area contributed by atoms with E-state index in [-0.39, 0.29) is 6.54 Å². The standard InChI is InChI=1S/C15H14N2O3S3/c18-23(19,20)17(13-5-2-1-3-6-13)9-8-12-11-22-15(16-12)14-7-4-10-21-14/h1-7,10-11H,8-9H2,(H,18,19,20). The van der Waals surface area contributed by atoms with Crippen molar-refractivity contribution in [2.24, 2.45) is 0 Å². The van der Waals surface area contributed by atoms with Crippen LogP contribution in [0.2, 0.25) is 0 Å². The summed E-state index contributed by atoms with van der Waals surface area (Å²) in [5, 5.41) is 4.83. The van der Waals surface area contributed by atoms with Crippen molar-refractivity contribution < 1.29 is 13.0 Å². The van der Waals surface area contributed by atoms with Gasteiger partial charge in [0.1, 0.15) is 5.01 Å². The van der Waals surface area contributed by atoms with Gasteiger partial charge in [0.15, 0.2) is 0 Å². The fraction of sp³-hybridized carbons (Fsp3) is 0.133. The zero-order valence-corrected chi connectivity index (χ0v) is 14.4. The van der Waals surface area contributed by atoms with Crippen LogP contribution >= 0.6 is 22.7 Å². The Labute approximate surface area is 142 Å². The predicted octanol–water partition coefficient (Wildman–Crippen LogP) is 3.72. The van der Waals surface area contributed by atoms with Crippen LogP contribution in [0.15, 0.2) is 53.2 Å². The van der Waals surface area contributed by atoms with E-state index in [2.05, 4.69) is 4.98 Å². The van der Waals surface area contributed by atoms with Crippen LogP contribution in [0.4, 0.5) is 5.69 Å². The number of thiophene rings is 1. The lowest BCUT2D eigenvalue weighted by molar-refractivity contribution is 0.478. The monoisotopic (exact) mass is 366 g/mol. The van der Waals surface area contributed by atoms with Gasteiger partial charge in [-0.25, -0.2) is 9.29 Å². The third-order valence-corrected chi connectivity index (χ3v) is 6.06. The molecule has 0 fully saturated rings. The highest BCUT2D eigenvalue weighted by Crippen LogP contribution is 2.28. The van der Waals surface area contributed by atoms with Crippen molar-refractivity contribution in [2.75, 3.05) is 10.8 Å². The van der Waals surface area contributed by atoms with Crippen LogP contribution in [0.25, 0.3) is 9.88 Å². The van der Waals surface area contributed by atoms with E-state index < -0.39 is 10.3 Å². The normalized spacial score (nSPS) is 11.5. The molecule has 0 saturated carbocycles. The van der Waals surface area contributed by atoms with Crippen molar-refractivity contribution in [1.82, 2.24) is 4.98 Å². The molecule has 120 valence electrons. The maximum Gasteiger partial charge on any atom is 0.359 e. The Balaban J connectivity index is 1.75. The molecule has 3 aromatic rings. The first-order chi connectivity index (χ1) is 11.0. The van der Waals surface area contributed by atoms with Crippen LogP contribution < -0.4 is 4.31 Å². The van der Waals surface area contributed by atoms with E-state index in [9.17, 15) is 13.0 Å². The smallest absolute Gasteiger partial charge is 0.269 e. The van der Waals surface area contributed by atoms with Crippen LogP contribution in [0.3, 0.4) is 0 Å². The summed E-state index contributed by atoms with van der Waals surface area (Å²) in [5.41, 5.74) is 1.24. The van der Waals surface area contributed by atoms with Gasteiger partial charge in [-0.2, -0.15) is 8.42 Å². The number of aromatic nitrogens is 1. The molecule has 0 atom stereocenters. The fourth-order valence-corrected chi connectivity index (χ4v) is 4.50. The second-order valence-electron chi connectivity index (χ2n) is 4.76. The summed E-state index contributed by atoms with van der Waals surface area (Å²) in [6.45, 7) is 0.135. The lowest BCUT2D eigenvalue weighted by atomic mass is 10.3. The quantitative estimate of drug-likeness (QED) is 0.675. The second kappa shape index (κ2) is 6.79. The maximum absolute atomic E-state index is 11.6. The number of rotatable bonds is 6. The van der Waals surface area contributed by atoms with Gasteiger partial charge in [-0.1, -0.05) is 24.3 Å². The first-order valence-electron chi connectivity index (χ1n) is 6.82. The summed E-state index contributed by atoms with van der Waals surface area (Å²) in [6.07, 6.45) is 0.427. The highest BCUT2D eigenvalue weighted by atomic mass is 32.2. The van der Waals surface area contributed by atoms with Crippen molar-refractivity contribution in [1.29, 1.82) is 0 Å². The number of anilines is 1. The summed E-state index contributed by atoms with van der Waals surface area (Å²) in [4.78, 5) is 5.62. The Morgan fingerprint density at radius 1 is 1.09 bits per heavy atom. The van der Waals surface area contributed by atoms with E-state index in [4.69, 9.17) is 0 Å². The Morgan fingerprint density at radius 3 is 2.52 bits per heavy atom. The van der Waals surface area contributed by atoms with Gasteiger partial charge in [-0.3, -0.25) is 4.55 Å². The Bertz CT molecular complexity index is 859. The summed E-state index contributed by atoms with van der Waals surface area (Å²) >= 11 is 3.15. The van der Waals surface area contributed by atoms with Crippen molar-refractivity contribution >= 4 is 38.7 Å². The summed E-state index contributed by atoms with van der Waals surface area (Å²) < 4.78 is 33.7. The molecule has 2 heterocycles. The molecule has 0 aliphatic rings. The van der Waals surface area contributed by atoms with E-state index >= 15 is 0 Å². The molecule has 23 heavy (non-hydrogen) atoms. The van der Waals surface area contributed by atoms with Crippen LogP contribution in [0, 0.1) is 0 Å². The molecule has 8 heteroatoms. The highest BCUT2D eigenvalue weighted by molar-refractivity contribution is 7.87. The molecule has 0 aliphatic carbocycles. The van der Waals surface area contributed by atoms with Gasteiger partial charge in [-0.05, 0) is 23.6 Å². The summed E-state index contributed by atoms with van der Waals surface area (Å²) in [5.74, 6) is 0. The third kappa shape index (κ3) is 3.97. The van der Waals surface area contributed by atoms with E-state index in [0.29, 0.717) is 12.1 Å². The molecule has 0 unspecified atom stereocenters. The molecule has 0 radical (unpaired) electrons. The minimum absolute atomic E-state index is 0.135. The van der Waals surface area contributed by atoms with Crippen LogP contribution in [-0.4, -0.2) is 24.5 Å². The Hall–Kier alpha value is -1.74. The first-order valence-corrected chi connectivity index (χ1v) is 9.98. The van der Waals surface area contributed by atoms with Gasteiger partial charge < -0.3 is 0 Å². The van der Waals surface area contributed by atoms with Gasteiger partial charge in [0.2, 0.25) is 0 Å².